The first-order valence-electron chi connectivity index (χ1n) is 6.95. The van der Waals surface area contributed by atoms with Gasteiger partial charge in [-0.2, -0.15) is 0 Å². The van der Waals surface area contributed by atoms with Gasteiger partial charge in [0.15, 0.2) is 5.78 Å². The highest BCUT2D eigenvalue weighted by Crippen LogP contribution is 2.30. The van der Waals surface area contributed by atoms with Gasteiger partial charge in [0.1, 0.15) is 22.8 Å². The maximum Gasteiger partial charge on any atom is 0.177 e. The molecule has 4 nitrogen and oxygen atoms in total. The average molecular weight is 278 g/mol. The fraction of sp³-hybridized carbons (Fsp3) is 0.500. The number of hydrogen-bond acceptors (Lipinski definition) is 4. The third kappa shape index (κ3) is 4.08. The summed E-state index contributed by atoms with van der Waals surface area (Å²) in [5.41, 5.74) is 0.366. The Balaban J connectivity index is 3.11. The van der Waals surface area contributed by atoms with E-state index in [1.165, 1.54) is 0 Å². The zero-order chi connectivity index (χ0) is 15.1. The third-order valence-electron chi connectivity index (χ3n) is 2.85. The quantitative estimate of drug-likeness (QED) is 0.541. The molecule has 0 N–H and O–H groups in total. The normalized spacial score (nSPS) is 10.4. The van der Waals surface area contributed by atoms with Crippen LogP contribution in [-0.2, 0) is 4.79 Å². The highest BCUT2D eigenvalue weighted by atomic mass is 16.5. The molecular formula is C16H22O4. The fourth-order valence-corrected chi connectivity index (χ4v) is 1.79. The van der Waals surface area contributed by atoms with Crippen molar-refractivity contribution in [2.75, 3.05) is 13.2 Å². The molecule has 0 aliphatic carbocycles. The first-order chi connectivity index (χ1) is 9.51. The Morgan fingerprint density at radius 2 is 1.55 bits per heavy atom. The number of hydrogen-bond donors (Lipinski definition) is 0. The van der Waals surface area contributed by atoms with Crippen molar-refractivity contribution < 1.29 is 19.1 Å². The molecule has 0 amide bonds. The molecule has 20 heavy (non-hydrogen) atoms. The maximum atomic E-state index is 12.4. The van der Waals surface area contributed by atoms with Crippen molar-refractivity contribution >= 4 is 11.6 Å². The minimum Gasteiger partial charge on any atom is -0.493 e. The summed E-state index contributed by atoms with van der Waals surface area (Å²) in [6.07, 6.45) is -0.123. The molecule has 0 saturated carbocycles. The Morgan fingerprint density at radius 3 is 1.95 bits per heavy atom. The number of ketones is 2. The van der Waals surface area contributed by atoms with Crippen molar-refractivity contribution in [2.45, 2.75) is 34.1 Å². The zero-order valence-corrected chi connectivity index (χ0v) is 12.6. The summed E-state index contributed by atoms with van der Waals surface area (Å²) in [7, 11) is 0. The molecular weight excluding hydrogens is 256 g/mol. The van der Waals surface area contributed by atoms with Gasteiger partial charge in [-0.3, -0.25) is 9.59 Å². The molecule has 0 aliphatic heterocycles. The molecule has 0 aliphatic rings. The van der Waals surface area contributed by atoms with Crippen molar-refractivity contribution in [1.82, 2.24) is 0 Å². The van der Waals surface area contributed by atoms with E-state index in [1.54, 1.807) is 32.0 Å². The number of rotatable bonds is 8. The highest BCUT2D eigenvalue weighted by Gasteiger charge is 2.22. The molecule has 110 valence electrons. The highest BCUT2D eigenvalue weighted by molar-refractivity contribution is 6.11. The van der Waals surface area contributed by atoms with E-state index in [4.69, 9.17) is 9.47 Å². The lowest BCUT2D eigenvalue weighted by Gasteiger charge is -2.14. The minimum absolute atomic E-state index is 0.0799. The van der Waals surface area contributed by atoms with Gasteiger partial charge in [-0.1, -0.05) is 19.9 Å². The Hall–Kier alpha value is -1.84. The molecule has 0 bridgehead atoms. The van der Waals surface area contributed by atoms with Gasteiger partial charge in [-0.05, 0) is 26.0 Å². The third-order valence-corrected chi connectivity index (χ3v) is 2.85. The Kier molecular flexibility index (Phi) is 6.22. The number of benzene rings is 1. The second-order valence-corrected chi connectivity index (χ2v) is 4.72. The van der Waals surface area contributed by atoms with Crippen molar-refractivity contribution in [1.29, 1.82) is 0 Å². The van der Waals surface area contributed by atoms with Gasteiger partial charge in [-0.15, -0.1) is 0 Å². The summed E-state index contributed by atoms with van der Waals surface area (Å²) in [6.45, 7) is 8.17. The number of ether oxygens (including phenoxy) is 2. The van der Waals surface area contributed by atoms with E-state index in [0.717, 1.165) is 0 Å². The van der Waals surface area contributed by atoms with Crippen LogP contribution in [0.5, 0.6) is 11.5 Å². The summed E-state index contributed by atoms with van der Waals surface area (Å²) >= 11 is 0. The van der Waals surface area contributed by atoms with Crippen molar-refractivity contribution in [2.24, 2.45) is 5.92 Å². The summed E-state index contributed by atoms with van der Waals surface area (Å²) in [6, 6.07) is 5.22. The lowest BCUT2D eigenvalue weighted by Crippen LogP contribution is -2.15. The SMILES string of the molecule is CCOc1cccc(OCC)c1C(=O)CC(=O)C(C)C. The summed E-state index contributed by atoms with van der Waals surface area (Å²) in [4.78, 5) is 24.1. The molecule has 0 atom stereocenters. The van der Waals surface area contributed by atoms with Gasteiger partial charge in [0.05, 0.1) is 19.6 Å². The molecule has 1 aromatic carbocycles. The van der Waals surface area contributed by atoms with Gasteiger partial charge in [0.2, 0.25) is 0 Å². The van der Waals surface area contributed by atoms with Gasteiger partial charge in [-0.25, -0.2) is 0 Å². The number of carbonyl (C=O) groups excluding carboxylic acids is 2. The molecule has 1 rings (SSSR count). The minimum atomic E-state index is -0.254. The van der Waals surface area contributed by atoms with Crippen molar-refractivity contribution in [3.05, 3.63) is 23.8 Å². The summed E-state index contributed by atoms with van der Waals surface area (Å²) in [5.74, 6) is 0.453. The molecule has 0 spiro atoms. The zero-order valence-electron chi connectivity index (χ0n) is 12.6. The van der Waals surface area contributed by atoms with Crippen molar-refractivity contribution in [3.63, 3.8) is 0 Å². The van der Waals surface area contributed by atoms with E-state index >= 15 is 0 Å². The molecule has 0 unspecified atom stereocenters. The molecule has 1 aromatic rings. The molecule has 0 radical (unpaired) electrons. The molecule has 0 fully saturated rings. The first kappa shape index (κ1) is 16.2. The van der Waals surface area contributed by atoms with Crippen LogP contribution < -0.4 is 9.47 Å². The van der Waals surface area contributed by atoms with E-state index in [2.05, 4.69) is 0 Å². The first-order valence-corrected chi connectivity index (χ1v) is 6.95. The van der Waals surface area contributed by atoms with Gasteiger partial charge >= 0.3 is 0 Å². The Morgan fingerprint density at radius 1 is 1.05 bits per heavy atom. The Labute approximate surface area is 120 Å². The smallest absolute Gasteiger partial charge is 0.177 e. The molecule has 4 heteroatoms. The predicted molar refractivity (Wildman–Crippen MR) is 77.6 cm³/mol. The van der Waals surface area contributed by atoms with E-state index in [0.29, 0.717) is 30.3 Å². The van der Waals surface area contributed by atoms with E-state index in [-0.39, 0.29) is 23.9 Å². The predicted octanol–water partition coefficient (Wildman–Crippen LogP) is 3.28. The largest absolute Gasteiger partial charge is 0.493 e. The lowest BCUT2D eigenvalue weighted by molar-refractivity contribution is -0.121. The molecule has 0 heterocycles. The summed E-state index contributed by atoms with van der Waals surface area (Å²) < 4.78 is 11.0. The van der Waals surface area contributed by atoms with Crippen LogP contribution in [0.15, 0.2) is 18.2 Å². The van der Waals surface area contributed by atoms with Crippen LogP contribution >= 0.6 is 0 Å². The van der Waals surface area contributed by atoms with Crippen LogP contribution in [0.1, 0.15) is 44.5 Å². The van der Waals surface area contributed by atoms with Crippen LogP contribution in [0.4, 0.5) is 0 Å². The van der Waals surface area contributed by atoms with E-state index in [9.17, 15) is 9.59 Å². The van der Waals surface area contributed by atoms with E-state index < -0.39 is 0 Å². The monoisotopic (exact) mass is 278 g/mol. The molecule has 0 saturated heterocycles. The second kappa shape index (κ2) is 7.68. The van der Waals surface area contributed by atoms with Crippen LogP contribution in [0.2, 0.25) is 0 Å². The number of Topliss-reactive ketones (excluding diaryl/α,β-unsaturated/α-hetero) is 2. The lowest BCUT2D eigenvalue weighted by atomic mass is 9.98. The second-order valence-electron chi connectivity index (χ2n) is 4.72. The average Bonchev–Trinajstić information content (AvgIpc) is 2.39. The topological polar surface area (TPSA) is 52.6 Å². The Bertz CT molecular complexity index is 453. The number of carbonyl (C=O) groups is 2. The fourth-order valence-electron chi connectivity index (χ4n) is 1.79. The maximum absolute atomic E-state index is 12.4. The van der Waals surface area contributed by atoms with Crippen LogP contribution in [0.25, 0.3) is 0 Å². The van der Waals surface area contributed by atoms with E-state index in [1.807, 2.05) is 13.8 Å². The molecule has 0 aromatic heterocycles. The van der Waals surface area contributed by atoms with Crippen LogP contribution in [-0.4, -0.2) is 24.8 Å². The van der Waals surface area contributed by atoms with Crippen molar-refractivity contribution in [3.8, 4) is 11.5 Å². The van der Waals surface area contributed by atoms with Gasteiger partial charge in [0, 0.05) is 5.92 Å². The van der Waals surface area contributed by atoms with Crippen LogP contribution in [0.3, 0.4) is 0 Å². The summed E-state index contributed by atoms with van der Waals surface area (Å²) in [5, 5.41) is 0. The van der Waals surface area contributed by atoms with Gasteiger partial charge < -0.3 is 9.47 Å². The van der Waals surface area contributed by atoms with Gasteiger partial charge in [0.25, 0.3) is 0 Å². The standard InChI is InChI=1S/C16H22O4/c1-5-19-14-8-7-9-15(20-6-2)16(14)13(18)10-12(17)11(3)4/h7-9,11H,5-6,10H2,1-4H3. The van der Waals surface area contributed by atoms with Crippen LogP contribution in [0, 0.1) is 5.92 Å².